The molecule has 1 radical (unpaired) electrons. The molecular formula is C7H11Na4. The first kappa shape index (κ1) is 23.8. The molecule has 0 fully saturated rings. The predicted octanol–water partition coefficient (Wildman–Crippen LogP) is -0.799. The van der Waals surface area contributed by atoms with Crippen LogP contribution in [-0.2, 0) is 0 Å². The van der Waals surface area contributed by atoms with E-state index in [0.29, 0.717) is 0 Å². The molecule has 0 amide bonds. The third kappa shape index (κ3) is 13.2. The number of benzene rings is 1. The molecule has 0 aliphatic rings. The van der Waals surface area contributed by atoms with Crippen LogP contribution in [0.25, 0.3) is 0 Å². The Labute approximate surface area is 157 Å². The van der Waals surface area contributed by atoms with Gasteiger partial charge in [-0.1, -0.05) is 29.8 Å². The monoisotopic (exact) mass is 187 g/mol. The molecule has 0 bridgehead atoms. The summed E-state index contributed by atoms with van der Waals surface area (Å²) in [6.07, 6.45) is 0. The Morgan fingerprint density at radius 1 is 0.909 bits per heavy atom. The van der Waals surface area contributed by atoms with Crippen LogP contribution in [0.15, 0.2) is 24.3 Å². The Bertz CT molecular complexity index is 140. The van der Waals surface area contributed by atoms with Gasteiger partial charge in [-0.2, -0.15) is 0 Å². The quantitative estimate of drug-likeness (QED) is 0.466. The minimum atomic E-state index is 0. The van der Waals surface area contributed by atoms with Crippen LogP contribution in [0.2, 0.25) is 0 Å². The molecule has 0 saturated heterocycles. The summed E-state index contributed by atoms with van der Waals surface area (Å²) in [5.41, 5.74) is 1.29. The molecule has 0 aromatic heterocycles. The van der Waals surface area contributed by atoms with Crippen molar-refractivity contribution in [1.29, 1.82) is 0 Å². The Kier molecular flexibility index (Phi) is 33.9. The first-order valence-electron chi connectivity index (χ1n) is 2.32. The van der Waals surface area contributed by atoms with Crippen molar-refractivity contribution < 1.29 is 0 Å². The summed E-state index contributed by atoms with van der Waals surface area (Å²) in [6.45, 7) is 2.06. The third-order valence-corrected chi connectivity index (χ3v) is 0.885. The van der Waals surface area contributed by atoms with E-state index in [-0.39, 0.29) is 118 Å². The minimum absolute atomic E-state index is 0. The molecule has 0 spiro atoms. The van der Waals surface area contributed by atoms with Crippen molar-refractivity contribution in [3.05, 3.63) is 35.9 Å². The van der Waals surface area contributed by atoms with E-state index in [9.17, 15) is 0 Å². The standard InChI is InChI=1S/C7H7.4Na.4H/c1-7-5-3-2-4-6-7;;;;;;;;/h3-6H,1H3;;;;;;;;. The van der Waals surface area contributed by atoms with Gasteiger partial charge in [0.2, 0.25) is 0 Å². The Balaban J connectivity index is -0.0000000612. The van der Waals surface area contributed by atoms with Crippen LogP contribution in [-0.4, -0.2) is 118 Å². The van der Waals surface area contributed by atoms with Gasteiger partial charge in [0.1, 0.15) is 0 Å². The number of hydrogen-bond donors (Lipinski definition) is 0. The fourth-order valence-electron chi connectivity index (χ4n) is 0.470. The number of aryl methyl sites for hydroxylation is 1. The van der Waals surface area contributed by atoms with E-state index in [1.807, 2.05) is 24.3 Å². The molecule has 4 heteroatoms. The van der Waals surface area contributed by atoms with Gasteiger partial charge in [-0.05, 0) is 13.0 Å². The Morgan fingerprint density at radius 3 is 1.45 bits per heavy atom. The van der Waals surface area contributed by atoms with Gasteiger partial charge < -0.3 is 0 Å². The average molecular weight is 187 g/mol. The molecule has 0 nitrogen and oxygen atoms in total. The second-order valence-electron chi connectivity index (χ2n) is 1.58. The van der Waals surface area contributed by atoms with Gasteiger partial charge in [0.05, 0.1) is 0 Å². The van der Waals surface area contributed by atoms with Gasteiger partial charge in [-0.15, -0.1) is 0 Å². The summed E-state index contributed by atoms with van der Waals surface area (Å²) in [4.78, 5) is 0. The van der Waals surface area contributed by atoms with Crippen LogP contribution >= 0.6 is 0 Å². The maximum absolute atomic E-state index is 2.93. The summed E-state index contributed by atoms with van der Waals surface area (Å²) in [5, 5.41) is 0. The van der Waals surface area contributed by atoms with Gasteiger partial charge in [0, 0.05) is 0 Å². The summed E-state index contributed by atoms with van der Waals surface area (Å²) in [5.74, 6) is 0. The Morgan fingerprint density at radius 2 is 1.27 bits per heavy atom. The first-order valence-corrected chi connectivity index (χ1v) is 2.32. The van der Waals surface area contributed by atoms with E-state index in [0.717, 1.165) is 0 Å². The van der Waals surface area contributed by atoms with E-state index in [1.54, 1.807) is 0 Å². The molecular weight excluding hydrogens is 176 g/mol. The van der Waals surface area contributed by atoms with Crippen molar-refractivity contribution in [2.24, 2.45) is 0 Å². The molecule has 1 aromatic carbocycles. The van der Waals surface area contributed by atoms with Crippen LogP contribution < -0.4 is 0 Å². The summed E-state index contributed by atoms with van der Waals surface area (Å²) < 4.78 is 0. The van der Waals surface area contributed by atoms with Gasteiger partial charge >= 0.3 is 118 Å². The molecule has 11 heavy (non-hydrogen) atoms. The molecule has 0 aliphatic carbocycles. The topological polar surface area (TPSA) is 0 Å². The zero-order chi connectivity index (χ0) is 5.11. The van der Waals surface area contributed by atoms with Crippen molar-refractivity contribution in [3.63, 3.8) is 0 Å². The van der Waals surface area contributed by atoms with Crippen molar-refractivity contribution >= 4 is 118 Å². The third-order valence-electron chi connectivity index (χ3n) is 0.885. The van der Waals surface area contributed by atoms with Crippen molar-refractivity contribution in [3.8, 4) is 0 Å². The van der Waals surface area contributed by atoms with Crippen molar-refractivity contribution in [2.45, 2.75) is 6.92 Å². The summed E-state index contributed by atoms with van der Waals surface area (Å²) in [7, 11) is 0. The van der Waals surface area contributed by atoms with E-state index < -0.39 is 0 Å². The Hall–Kier alpha value is 3.22. The van der Waals surface area contributed by atoms with Crippen LogP contribution in [0.5, 0.6) is 0 Å². The second-order valence-corrected chi connectivity index (χ2v) is 1.58. The van der Waals surface area contributed by atoms with Crippen LogP contribution in [0, 0.1) is 13.0 Å². The number of rotatable bonds is 0. The van der Waals surface area contributed by atoms with E-state index >= 15 is 0 Å². The molecule has 1 aromatic rings. The molecule has 0 heterocycles. The van der Waals surface area contributed by atoms with Gasteiger partial charge in [-0.25, -0.2) is 0 Å². The predicted molar refractivity (Wildman–Crippen MR) is 58.6 cm³/mol. The average Bonchev–Trinajstić information content (AvgIpc) is 1.69. The van der Waals surface area contributed by atoms with Gasteiger partial charge in [0.15, 0.2) is 0 Å². The second kappa shape index (κ2) is 15.7. The number of hydrogen-bond acceptors (Lipinski definition) is 0. The normalized spacial score (nSPS) is 5.55. The fourth-order valence-corrected chi connectivity index (χ4v) is 0.470. The SMILES string of the molecule is Cc1cc[c]cc1.[NaH].[NaH].[NaH].[NaH]. The molecule has 0 saturated carbocycles. The molecule has 0 aliphatic heterocycles. The summed E-state index contributed by atoms with van der Waals surface area (Å²) in [6, 6.07) is 10.8. The zero-order valence-corrected chi connectivity index (χ0v) is 4.31. The first-order chi connectivity index (χ1) is 3.39. The summed E-state index contributed by atoms with van der Waals surface area (Å²) >= 11 is 0. The molecule has 0 N–H and O–H groups in total. The van der Waals surface area contributed by atoms with Gasteiger partial charge in [0.25, 0.3) is 0 Å². The van der Waals surface area contributed by atoms with Gasteiger partial charge in [-0.3, -0.25) is 0 Å². The van der Waals surface area contributed by atoms with Crippen molar-refractivity contribution in [1.82, 2.24) is 0 Å². The molecule has 1 rings (SSSR count). The molecule has 43 valence electrons. The molecule has 0 atom stereocenters. The van der Waals surface area contributed by atoms with Crippen LogP contribution in [0.3, 0.4) is 0 Å². The van der Waals surface area contributed by atoms with Crippen LogP contribution in [0.1, 0.15) is 5.56 Å². The zero-order valence-electron chi connectivity index (χ0n) is 4.31. The van der Waals surface area contributed by atoms with Crippen molar-refractivity contribution in [2.75, 3.05) is 0 Å². The van der Waals surface area contributed by atoms with Crippen LogP contribution in [0.4, 0.5) is 0 Å². The van der Waals surface area contributed by atoms with E-state index in [2.05, 4.69) is 13.0 Å². The maximum atomic E-state index is 2.93. The van der Waals surface area contributed by atoms with E-state index in [1.165, 1.54) is 5.56 Å². The molecule has 0 unspecified atom stereocenters. The fraction of sp³-hybridized carbons (Fsp3) is 0.143. The van der Waals surface area contributed by atoms with E-state index in [4.69, 9.17) is 0 Å².